The molecule has 0 spiro atoms. The summed E-state index contributed by atoms with van der Waals surface area (Å²) in [5.74, 6) is -0.446. The fraction of sp³-hybridized carbons (Fsp3) is 0.278. The number of esters is 1. The molecule has 0 aromatic heterocycles. The number of hydrogen-bond acceptors (Lipinski definition) is 4. The Bertz CT molecular complexity index is 770. The van der Waals surface area contributed by atoms with E-state index >= 15 is 0 Å². The summed E-state index contributed by atoms with van der Waals surface area (Å²) in [6.07, 6.45) is -0.0665. The average molecular weight is 347 g/mol. The molecule has 0 aliphatic carbocycles. The van der Waals surface area contributed by atoms with Crippen molar-refractivity contribution in [3.05, 3.63) is 65.7 Å². The highest BCUT2D eigenvalue weighted by atomic mass is 32.2. The minimum absolute atomic E-state index is 0.0665. The van der Waals surface area contributed by atoms with Gasteiger partial charge in [0.15, 0.2) is 0 Å². The van der Waals surface area contributed by atoms with Crippen LogP contribution in [0.4, 0.5) is 0 Å². The maximum Gasteiger partial charge on any atom is 0.307 e. The van der Waals surface area contributed by atoms with Crippen molar-refractivity contribution in [2.45, 2.75) is 31.2 Å². The third-order valence-electron chi connectivity index (χ3n) is 3.51. The Morgan fingerprint density at radius 2 is 1.71 bits per heavy atom. The summed E-state index contributed by atoms with van der Waals surface area (Å²) in [5, 5.41) is 0. The van der Waals surface area contributed by atoms with Gasteiger partial charge in [-0.15, -0.1) is 0 Å². The summed E-state index contributed by atoms with van der Waals surface area (Å²) < 4.78 is 32.7. The molecular weight excluding hydrogens is 326 g/mol. The van der Waals surface area contributed by atoms with Crippen LogP contribution in [0.1, 0.15) is 30.5 Å². The van der Waals surface area contributed by atoms with E-state index in [1.165, 1.54) is 12.1 Å². The molecule has 1 N–H and O–H groups in total. The zero-order valence-corrected chi connectivity index (χ0v) is 14.5. The first-order chi connectivity index (χ1) is 11.4. The van der Waals surface area contributed by atoms with E-state index in [0.717, 1.165) is 5.56 Å². The number of carbonyl (C=O) groups is 1. The van der Waals surface area contributed by atoms with Gasteiger partial charge in [0.25, 0.3) is 0 Å². The fourth-order valence-corrected chi connectivity index (χ4v) is 3.51. The maximum absolute atomic E-state index is 12.6. The van der Waals surface area contributed by atoms with E-state index in [2.05, 4.69) is 4.72 Å². The van der Waals surface area contributed by atoms with Gasteiger partial charge < -0.3 is 4.74 Å². The van der Waals surface area contributed by atoms with Crippen molar-refractivity contribution in [2.75, 3.05) is 6.61 Å². The van der Waals surface area contributed by atoms with Crippen LogP contribution in [-0.4, -0.2) is 21.0 Å². The number of rotatable bonds is 7. The second-order valence-electron chi connectivity index (χ2n) is 5.41. The average Bonchev–Trinajstić information content (AvgIpc) is 2.56. The Balaban J connectivity index is 2.28. The first-order valence-corrected chi connectivity index (χ1v) is 9.20. The standard InChI is InChI=1S/C18H21NO4S/c1-3-23-18(20)13-17(15-11-9-14(2)10-12-15)19-24(21,22)16-7-5-4-6-8-16/h4-12,17,19H,3,13H2,1-2H3. The number of sulfonamides is 1. The van der Waals surface area contributed by atoms with Crippen LogP contribution in [0.25, 0.3) is 0 Å². The summed E-state index contributed by atoms with van der Waals surface area (Å²) in [6.45, 7) is 3.91. The molecule has 0 radical (unpaired) electrons. The summed E-state index contributed by atoms with van der Waals surface area (Å²) in [7, 11) is -3.74. The number of carbonyl (C=O) groups excluding carboxylic acids is 1. The molecule has 0 amide bonds. The smallest absolute Gasteiger partial charge is 0.307 e. The van der Waals surface area contributed by atoms with Crippen molar-refractivity contribution >= 4 is 16.0 Å². The van der Waals surface area contributed by atoms with Crippen LogP contribution in [0, 0.1) is 6.92 Å². The fourth-order valence-electron chi connectivity index (χ4n) is 2.27. The van der Waals surface area contributed by atoms with Gasteiger partial charge >= 0.3 is 5.97 Å². The van der Waals surface area contributed by atoms with E-state index in [1.807, 2.05) is 31.2 Å². The number of aryl methyl sites for hydroxylation is 1. The summed E-state index contributed by atoms with van der Waals surface area (Å²) >= 11 is 0. The molecule has 1 unspecified atom stereocenters. The topological polar surface area (TPSA) is 72.5 Å². The quantitative estimate of drug-likeness (QED) is 0.782. The SMILES string of the molecule is CCOC(=O)CC(NS(=O)(=O)c1ccccc1)c1ccc(C)cc1. The first-order valence-electron chi connectivity index (χ1n) is 7.72. The normalized spacial score (nSPS) is 12.6. The minimum Gasteiger partial charge on any atom is -0.466 e. The Morgan fingerprint density at radius 1 is 1.08 bits per heavy atom. The zero-order chi connectivity index (χ0) is 17.6. The molecule has 1 atom stereocenters. The van der Waals surface area contributed by atoms with Gasteiger partial charge in [0.2, 0.25) is 10.0 Å². The van der Waals surface area contributed by atoms with Crippen LogP contribution < -0.4 is 4.72 Å². The maximum atomic E-state index is 12.6. The second kappa shape index (κ2) is 8.08. The van der Waals surface area contributed by atoms with Gasteiger partial charge in [-0.25, -0.2) is 13.1 Å². The summed E-state index contributed by atoms with van der Waals surface area (Å²) in [5.41, 5.74) is 1.77. The summed E-state index contributed by atoms with van der Waals surface area (Å²) in [4.78, 5) is 12.0. The van der Waals surface area contributed by atoms with Gasteiger partial charge in [-0.3, -0.25) is 4.79 Å². The highest BCUT2D eigenvalue weighted by Crippen LogP contribution is 2.21. The van der Waals surface area contributed by atoms with Crippen molar-refractivity contribution in [2.24, 2.45) is 0 Å². The Kier molecular flexibility index (Phi) is 6.11. The van der Waals surface area contributed by atoms with Crippen molar-refractivity contribution in [3.8, 4) is 0 Å². The molecule has 0 aliphatic rings. The molecule has 2 rings (SSSR count). The minimum atomic E-state index is -3.74. The molecular formula is C18H21NO4S. The Morgan fingerprint density at radius 3 is 2.29 bits per heavy atom. The number of ether oxygens (including phenoxy) is 1. The molecule has 2 aromatic rings. The molecule has 0 aliphatic heterocycles. The molecule has 0 bridgehead atoms. The molecule has 0 saturated carbocycles. The van der Waals surface area contributed by atoms with Crippen molar-refractivity contribution in [1.82, 2.24) is 4.72 Å². The number of hydrogen-bond donors (Lipinski definition) is 1. The Hall–Kier alpha value is -2.18. The lowest BCUT2D eigenvalue weighted by atomic mass is 10.0. The molecule has 0 heterocycles. The van der Waals surface area contributed by atoms with Crippen LogP contribution in [0.2, 0.25) is 0 Å². The molecule has 128 valence electrons. The first kappa shape index (κ1) is 18.2. The van der Waals surface area contributed by atoms with E-state index in [1.54, 1.807) is 25.1 Å². The monoisotopic (exact) mass is 347 g/mol. The van der Waals surface area contributed by atoms with Gasteiger partial charge in [0.05, 0.1) is 24.0 Å². The third kappa shape index (κ3) is 4.91. The van der Waals surface area contributed by atoms with Crippen molar-refractivity contribution in [3.63, 3.8) is 0 Å². The predicted octanol–water partition coefficient (Wildman–Crippen LogP) is 2.97. The van der Waals surface area contributed by atoms with E-state index in [-0.39, 0.29) is 17.9 Å². The van der Waals surface area contributed by atoms with Gasteiger partial charge in [-0.1, -0.05) is 48.0 Å². The van der Waals surface area contributed by atoms with Gasteiger partial charge in [-0.05, 0) is 31.5 Å². The highest BCUT2D eigenvalue weighted by Gasteiger charge is 2.24. The van der Waals surface area contributed by atoms with Crippen LogP contribution >= 0.6 is 0 Å². The molecule has 0 fully saturated rings. The number of benzene rings is 2. The third-order valence-corrected chi connectivity index (χ3v) is 4.99. The molecule has 5 nitrogen and oxygen atoms in total. The summed E-state index contributed by atoms with van der Waals surface area (Å²) in [6, 6.07) is 14.8. The van der Waals surface area contributed by atoms with Crippen molar-refractivity contribution < 1.29 is 17.9 Å². The van der Waals surface area contributed by atoms with Gasteiger partial charge in [0, 0.05) is 0 Å². The lowest BCUT2D eigenvalue weighted by Crippen LogP contribution is -2.30. The second-order valence-corrected chi connectivity index (χ2v) is 7.12. The molecule has 0 saturated heterocycles. The Labute approximate surface area is 142 Å². The van der Waals surface area contributed by atoms with Gasteiger partial charge in [0.1, 0.15) is 0 Å². The van der Waals surface area contributed by atoms with E-state index < -0.39 is 22.0 Å². The van der Waals surface area contributed by atoms with E-state index in [9.17, 15) is 13.2 Å². The predicted molar refractivity (Wildman–Crippen MR) is 91.9 cm³/mol. The molecule has 24 heavy (non-hydrogen) atoms. The molecule has 6 heteroatoms. The molecule has 2 aromatic carbocycles. The lowest BCUT2D eigenvalue weighted by molar-refractivity contribution is -0.143. The van der Waals surface area contributed by atoms with E-state index in [0.29, 0.717) is 5.56 Å². The van der Waals surface area contributed by atoms with Gasteiger partial charge in [-0.2, -0.15) is 0 Å². The van der Waals surface area contributed by atoms with Crippen LogP contribution in [-0.2, 0) is 19.6 Å². The van der Waals surface area contributed by atoms with Crippen molar-refractivity contribution in [1.29, 1.82) is 0 Å². The van der Waals surface area contributed by atoms with Crippen LogP contribution in [0.15, 0.2) is 59.5 Å². The highest BCUT2D eigenvalue weighted by molar-refractivity contribution is 7.89. The zero-order valence-electron chi connectivity index (χ0n) is 13.7. The van der Waals surface area contributed by atoms with Crippen LogP contribution in [0.5, 0.6) is 0 Å². The largest absolute Gasteiger partial charge is 0.466 e. The lowest BCUT2D eigenvalue weighted by Gasteiger charge is -2.19. The van der Waals surface area contributed by atoms with E-state index in [4.69, 9.17) is 4.74 Å². The van der Waals surface area contributed by atoms with Crippen LogP contribution in [0.3, 0.4) is 0 Å². The number of nitrogens with one attached hydrogen (secondary N) is 1.